The number of pyridine rings is 1. The van der Waals surface area contributed by atoms with Crippen LogP contribution in [0.25, 0.3) is 0 Å². The highest BCUT2D eigenvalue weighted by Crippen LogP contribution is 2.32. The third kappa shape index (κ3) is 5.05. The van der Waals surface area contributed by atoms with E-state index in [1.54, 1.807) is 33.2 Å². The van der Waals surface area contributed by atoms with Gasteiger partial charge in [-0.3, -0.25) is 14.6 Å². The summed E-state index contributed by atoms with van der Waals surface area (Å²) in [5.74, 6) is 0.106. The number of likely N-dealkylation sites (N-methyl/N-ethyl adjacent to an activating group) is 1. The van der Waals surface area contributed by atoms with E-state index in [0.29, 0.717) is 22.8 Å². The maximum Gasteiger partial charge on any atom is 0.269 e. The molecule has 0 radical (unpaired) electrons. The Morgan fingerprint density at radius 2 is 1.91 bits per heavy atom. The van der Waals surface area contributed by atoms with Crippen LogP contribution < -0.4 is 14.8 Å². The smallest absolute Gasteiger partial charge is 0.269 e. The largest absolute Gasteiger partial charge is 0.493 e. The second kappa shape index (κ2) is 9.62. The first-order valence-corrected chi connectivity index (χ1v) is 10.3. The number of methoxy groups -OCH3 is 1. The normalized spacial score (nSPS) is 17.2. The summed E-state index contributed by atoms with van der Waals surface area (Å²) in [6.45, 7) is 1.73. The molecule has 11 heteroatoms. The van der Waals surface area contributed by atoms with Crippen LogP contribution in [0.1, 0.15) is 23.7 Å². The molecule has 9 nitrogen and oxygen atoms in total. The molecule has 0 saturated heterocycles. The van der Waals surface area contributed by atoms with Gasteiger partial charge in [-0.25, -0.2) is 0 Å². The summed E-state index contributed by atoms with van der Waals surface area (Å²) >= 11 is 12.1. The summed E-state index contributed by atoms with van der Waals surface area (Å²) in [6.07, 6.45) is 3.04. The molecule has 1 aliphatic rings. The number of halogens is 2. The zero-order chi connectivity index (χ0) is 23.5. The Kier molecular flexibility index (Phi) is 7.10. The maximum atomic E-state index is 12.7. The van der Waals surface area contributed by atoms with Crippen LogP contribution in [0.4, 0.5) is 5.69 Å². The molecule has 1 aromatic heterocycles. The van der Waals surface area contributed by atoms with E-state index in [9.17, 15) is 9.59 Å². The van der Waals surface area contributed by atoms with Gasteiger partial charge in [0.1, 0.15) is 6.61 Å². The number of nitrogens with zero attached hydrogens (tertiary/aromatic N) is 3. The fourth-order valence-corrected chi connectivity index (χ4v) is 3.55. The summed E-state index contributed by atoms with van der Waals surface area (Å²) in [7, 11) is 4.79. The SMILES string of the molecule is COc1ccc(C(=O)Nc2c(Cl)cncc2Cl)cc1OCC1=NOC(C)(C(=O)N(C)C)C1. The molecule has 1 N–H and O–H groups in total. The zero-order valence-corrected chi connectivity index (χ0v) is 19.5. The lowest BCUT2D eigenvalue weighted by atomic mass is 9.98. The minimum absolute atomic E-state index is 0.0553. The van der Waals surface area contributed by atoms with Crippen molar-refractivity contribution in [3.63, 3.8) is 0 Å². The van der Waals surface area contributed by atoms with Crippen LogP contribution in [0, 0.1) is 0 Å². The number of carbonyl (C=O) groups is 2. The molecule has 2 aromatic rings. The number of amides is 2. The minimum Gasteiger partial charge on any atom is -0.493 e. The standard InChI is InChI=1S/C21H22Cl2N4O5/c1-21(20(29)27(2)3)8-13(26-32-21)11-31-17-7-12(5-6-16(17)30-4)19(28)25-18-14(22)9-24-10-15(18)23/h5-7,9-10H,8,11H2,1-4H3,(H,24,25,28). The van der Waals surface area contributed by atoms with Crippen LogP contribution in [0.2, 0.25) is 10.0 Å². The lowest BCUT2D eigenvalue weighted by Gasteiger charge is -2.23. The van der Waals surface area contributed by atoms with Crippen LogP contribution >= 0.6 is 23.2 Å². The van der Waals surface area contributed by atoms with Crippen LogP contribution in [0.3, 0.4) is 0 Å². The molecule has 170 valence electrons. The predicted molar refractivity (Wildman–Crippen MR) is 121 cm³/mol. The van der Waals surface area contributed by atoms with Gasteiger partial charge in [0, 0.05) is 38.5 Å². The molecule has 3 rings (SSSR count). The van der Waals surface area contributed by atoms with Crippen LogP contribution in [-0.4, -0.2) is 60.8 Å². The van der Waals surface area contributed by atoms with Crippen LogP contribution in [-0.2, 0) is 9.63 Å². The number of aromatic nitrogens is 1. The third-order valence-corrected chi connectivity index (χ3v) is 5.26. The minimum atomic E-state index is -1.07. The molecule has 2 amide bonds. The van der Waals surface area contributed by atoms with E-state index in [1.807, 2.05) is 0 Å². The number of anilines is 1. The fourth-order valence-electron chi connectivity index (χ4n) is 3.09. The fraction of sp³-hybridized carbons (Fsp3) is 0.333. The first-order chi connectivity index (χ1) is 15.1. The van der Waals surface area contributed by atoms with E-state index in [1.165, 1.54) is 30.5 Å². The average molecular weight is 481 g/mol. The molecule has 0 bridgehead atoms. The summed E-state index contributed by atoms with van der Waals surface area (Å²) in [4.78, 5) is 35.7. The topological polar surface area (TPSA) is 102 Å². The van der Waals surface area contributed by atoms with Gasteiger partial charge in [-0.2, -0.15) is 0 Å². The lowest BCUT2D eigenvalue weighted by molar-refractivity contribution is -0.150. The molecule has 0 saturated carbocycles. The summed E-state index contributed by atoms with van der Waals surface area (Å²) in [5, 5.41) is 7.08. The van der Waals surface area contributed by atoms with Crippen molar-refractivity contribution in [2.45, 2.75) is 18.9 Å². The van der Waals surface area contributed by atoms with E-state index in [0.717, 1.165) is 0 Å². The van der Waals surface area contributed by atoms with Crippen molar-refractivity contribution in [3.05, 3.63) is 46.2 Å². The zero-order valence-electron chi connectivity index (χ0n) is 17.9. The van der Waals surface area contributed by atoms with Gasteiger partial charge in [0.05, 0.1) is 28.6 Å². The molecule has 0 fully saturated rings. The van der Waals surface area contributed by atoms with Crippen molar-refractivity contribution >= 4 is 46.4 Å². The lowest BCUT2D eigenvalue weighted by Crippen LogP contribution is -2.44. The summed E-state index contributed by atoms with van der Waals surface area (Å²) in [5.41, 5.74) is 0.0303. The quantitative estimate of drug-likeness (QED) is 0.648. The van der Waals surface area contributed by atoms with Crippen LogP contribution in [0.15, 0.2) is 35.7 Å². The Hall–Kier alpha value is -3.04. The van der Waals surface area contributed by atoms with Crippen molar-refractivity contribution in [3.8, 4) is 11.5 Å². The number of hydrogen-bond donors (Lipinski definition) is 1. The molecule has 1 aliphatic heterocycles. The number of oxime groups is 1. The number of rotatable bonds is 7. The van der Waals surface area contributed by atoms with Crippen molar-refractivity contribution in [2.24, 2.45) is 5.16 Å². The van der Waals surface area contributed by atoms with E-state index >= 15 is 0 Å². The predicted octanol–water partition coefficient (Wildman–Crippen LogP) is 3.65. The van der Waals surface area contributed by atoms with Crippen molar-refractivity contribution < 1.29 is 23.9 Å². The Labute approximate surface area is 195 Å². The Morgan fingerprint density at radius 3 is 2.53 bits per heavy atom. The molecule has 2 heterocycles. The van der Waals surface area contributed by atoms with Gasteiger partial charge in [-0.15, -0.1) is 0 Å². The van der Waals surface area contributed by atoms with Crippen LogP contribution in [0.5, 0.6) is 11.5 Å². The van der Waals surface area contributed by atoms with Crippen molar-refractivity contribution in [1.82, 2.24) is 9.88 Å². The molecule has 1 atom stereocenters. The highest BCUT2D eigenvalue weighted by atomic mass is 35.5. The molecule has 0 spiro atoms. The van der Waals surface area contributed by atoms with E-state index in [-0.39, 0.29) is 34.7 Å². The Morgan fingerprint density at radius 1 is 1.22 bits per heavy atom. The highest BCUT2D eigenvalue weighted by molar-refractivity contribution is 6.39. The van der Waals surface area contributed by atoms with Gasteiger partial charge in [0.15, 0.2) is 11.5 Å². The van der Waals surface area contributed by atoms with Gasteiger partial charge < -0.3 is 24.5 Å². The van der Waals surface area contributed by atoms with Crippen molar-refractivity contribution in [1.29, 1.82) is 0 Å². The maximum absolute atomic E-state index is 12.7. The molecule has 0 aliphatic carbocycles. The van der Waals surface area contributed by atoms with E-state index in [2.05, 4.69) is 15.5 Å². The van der Waals surface area contributed by atoms with Gasteiger partial charge >= 0.3 is 0 Å². The molecule has 1 unspecified atom stereocenters. The molecule has 32 heavy (non-hydrogen) atoms. The number of hydrogen-bond acceptors (Lipinski definition) is 7. The number of carbonyl (C=O) groups excluding carboxylic acids is 2. The molecule has 1 aromatic carbocycles. The third-order valence-electron chi connectivity index (χ3n) is 4.69. The van der Waals surface area contributed by atoms with Gasteiger partial charge in [0.25, 0.3) is 11.8 Å². The summed E-state index contributed by atoms with van der Waals surface area (Å²) < 4.78 is 11.2. The van der Waals surface area contributed by atoms with Gasteiger partial charge in [-0.1, -0.05) is 28.4 Å². The molecular formula is C21H22Cl2N4O5. The van der Waals surface area contributed by atoms with Gasteiger partial charge in [0.2, 0.25) is 5.60 Å². The summed E-state index contributed by atoms with van der Waals surface area (Å²) in [6, 6.07) is 4.71. The first-order valence-electron chi connectivity index (χ1n) is 9.51. The average Bonchev–Trinajstić information content (AvgIpc) is 3.16. The number of benzene rings is 1. The van der Waals surface area contributed by atoms with Gasteiger partial charge in [-0.05, 0) is 25.1 Å². The highest BCUT2D eigenvalue weighted by Gasteiger charge is 2.43. The Bertz CT molecular complexity index is 1060. The monoisotopic (exact) mass is 480 g/mol. The second-order valence-corrected chi connectivity index (χ2v) is 8.26. The first kappa shape index (κ1) is 23.6. The number of ether oxygens (including phenoxy) is 2. The van der Waals surface area contributed by atoms with Crippen molar-refractivity contribution in [2.75, 3.05) is 33.1 Å². The molecular weight excluding hydrogens is 459 g/mol. The number of nitrogens with one attached hydrogen (secondary N) is 1. The van der Waals surface area contributed by atoms with E-state index < -0.39 is 11.5 Å². The van der Waals surface area contributed by atoms with E-state index in [4.69, 9.17) is 37.5 Å². The second-order valence-electron chi connectivity index (χ2n) is 7.44. The Balaban J connectivity index is 1.72.